The van der Waals surface area contributed by atoms with Gasteiger partial charge >= 0.3 is 5.76 Å². The van der Waals surface area contributed by atoms with Crippen LogP contribution in [0.25, 0.3) is 11.1 Å². The van der Waals surface area contributed by atoms with Crippen LogP contribution in [0.5, 0.6) is 0 Å². The molecule has 0 atom stereocenters. The van der Waals surface area contributed by atoms with E-state index in [1.165, 1.54) is 5.56 Å². The number of anilines is 1. The highest BCUT2D eigenvalue weighted by molar-refractivity contribution is 5.79. The van der Waals surface area contributed by atoms with Crippen LogP contribution in [0.1, 0.15) is 17.5 Å². The standard InChI is InChI=1S/C16H16FN3O2/c1-10-12(8-13-15(14(10)17)20-16(21)22-13)19-7-3-5-11-4-2-6-18-9-11/h2,4,6,8-9,19H,3,5,7H2,1H3,(H,20,21). The third kappa shape index (κ3) is 2.86. The number of hydrogen-bond acceptors (Lipinski definition) is 4. The Kier molecular flexibility index (Phi) is 3.91. The van der Waals surface area contributed by atoms with Gasteiger partial charge in [0.2, 0.25) is 0 Å². The van der Waals surface area contributed by atoms with Crippen LogP contribution in [0.15, 0.2) is 39.8 Å². The lowest BCUT2D eigenvalue weighted by Crippen LogP contribution is -2.05. The first kappa shape index (κ1) is 14.3. The van der Waals surface area contributed by atoms with E-state index in [2.05, 4.69) is 15.3 Å². The van der Waals surface area contributed by atoms with Gasteiger partial charge in [0.1, 0.15) is 5.52 Å². The van der Waals surface area contributed by atoms with Crippen molar-refractivity contribution in [1.29, 1.82) is 0 Å². The van der Waals surface area contributed by atoms with Crippen LogP contribution in [0.4, 0.5) is 10.1 Å². The molecule has 0 saturated carbocycles. The monoisotopic (exact) mass is 301 g/mol. The topological polar surface area (TPSA) is 70.9 Å². The molecule has 22 heavy (non-hydrogen) atoms. The lowest BCUT2D eigenvalue weighted by Gasteiger charge is -2.10. The first-order valence-corrected chi connectivity index (χ1v) is 7.10. The number of aryl methyl sites for hydroxylation is 1. The largest absolute Gasteiger partial charge is 0.417 e. The van der Waals surface area contributed by atoms with E-state index in [0.717, 1.165) is 12.8 Å². The second-order valence-electron chi connectivity index (χ2n) is 5.14. The highest BCUT2D eigenvalue weighted by Gasteiger charge is 2.13. The molecule has 0 saturated heterocycles. The van der Waals surface area contributed by atoms with E-state index in [1.54, 1.807) is 19.2 Å². The molecule has 0 aliphatic heterocycles. The van der Waals surface area contributed by atoms with E-state index in [-0.39, 0.29) is 11.1 Å². The fourth-order valence-electron chi connectivity index (χ4n) is 2.40. The Hall–Kier alpha value is -2.63. The van der Waals surface area contributed by atoms with Crippen molar-refractivity contribution in [1.82, 2.24) is 9.97 Å². The maximum absolute atomic E-state index is 14.2. The van der Waals surface area contributed by atoms with Crippen molar-refractivity contribution >= 4 is 16.8 Å². The highest BCUT2D eigenvalue weighted by Crippen LogP contribution is 2.25. The number of aromatic nitrogens is 2. The molecule has 2 aromatic heterocycles. The third-order valence-electron chi connectivity index (χ3n) is 3.58. The Bertz CT molecular complexity index is 840. The Balaban J connectivity index is 1.69. The van der Waals surface area contributed by atoms with Gasteiger partial charge in [0.25, 0.3) is 0 Å². The lowest BCUT2D eigenvalue weighted by atomic mass is 10.1. The molecule has 0 unspecified atom stereocenters. The SMILES string of the molecule is Cc1c(NCCCc2cccnc2)cc2oc(=O)[nH]c2c1F. The van der Waals surface area contributed by atoms with E-state index in [9.17, 15) is 9.18 Å². The van der Waals surface area contributed by atoms with Gasteiger partial charge in [-0.25, -0.2) is 9.18 Å². The molecule has 0 spiro atoms. The first-order chi connectivity index (χ1) is 10.6. The minimum absolute atomic E-state index is 0.114. The number of halogens is 1. The number of nitrogens with zero attached hydrogens (tertiary/aromatic N) is 1. The number of H-pyrrole nitrogens is 1. The van der Waals surface area contributed by atoms with E-state index < -0.39 is 11.6 Å². The van der Waals surface area contributed by atoms with E-state index in [1.807, 2.05) is 18.3 Å². The lowest BCUT2D eigenvalue weighted by molar-refractivity contribution is 0.555. The van der Waals surface area contributed by atoms with Crippen LogP contribution >= 0.6 is 0 Å². The molecule has 0 aliphatic rings. The predicted octanol–water partition coefficient (Wildman–Crippen LogP) is 3.01. The molecule has 114 valence electrons. The van der Waals surface area contributed by atoms with Gasteiger partial charge in [-0.2, -0.15) is 0 Å². The van der Waals surface area contributed by atoms with Crippen molar-refractivity contribution in [3.63, 3.8) is 0 Å². The highest BCUT2D eigenvalue weighted by atomic mass is 19.1. The van der Waals surface area contributed by atoms with Gasteiger partial charge in [0.05, 0.1) is 0 Å². The number of oxazole rings is 1. The molecule has 3 rings (SSSR count). The summed E-state index contributed by atoms with van der Waals surface area (Å²) in [5, 5.41) is 3.19. The second kappa shape index (κ2) is 6.01. The summed E-state index contributed by atoms with van der Waals surface area (Å²) in [6.45, 7) is 2.36. The summed E-state index contributed by atoms with van der Waals surface area (Å²) in [5.41, 5.74) is 2.61. The number of hydrogen-bond donors (Lipinski definition) is 2. The van der Waals surface area contributed by atoms with Gasteiger partial charge in [0, 0.05) is 36.3 Å². The number of aromatic amines is 1. The minimum atomic E-state index is -0.651. The van der Waals surface area contributed by atoms with Crippen LogP contribution in [0.3, 0.4) is 0 Å². The van der Waals surface area contributed by atoms with Crippen molar-refractivity contribution in [3.05, 3.63) is 58.1 Å². The van der Waals surface area contributed by atoms with Gasteiger partial charge in [-0.1, -0.05) is 6.07 Å². The summed E-state index contributed by atoms with van der Waals surface area (Å²) in [5.74, 6) is -1.11. The van der Waals surface area contributed by atoms with Crippen LogP contribution < -0.4 is 11.1 Å². The van der Waals surface area contributed by atoms with Crippen molar-refractivity contribution in [2.75, 3.05) is 11.9 Å². The Labute approximate surface area is 126 Å². The molecule has 1 aromatic carbocycles. The van der Waals surface area contributed by atoms with Gasteiger partial charge in [-0.3, -0.25) is 9.97 Å². The van der Waals surface area contributed by atoms with Crippen molar-refractivity contribution < 1.29 is 8.81 Å². The van der Waals surface area contributed by atoms with Gasteiger partial charge in [-0.15, -0.1) is 0 Å². The van der Waals surface area contributed by atoms with E-state index in [4.69, 9.17) is 4.42 Å². The van der Waals surface area contributed by atoms with E-state index in [0.29, 0.717) is 17.8 Å². The van der Waals surface area contributed by atoms with Crippen LogP contribution in [0.2, 0.25) is 0 Å². The van der Waals surface area contributed by atoms with Crippen molar-refractivity contribution in [2.45, 2.75) is 19.8 Å². The second-order valence-corrected chi connectivity index (χ2v) is 5.14. The quantitative estimate of drug-likeness (QED) is 0.711. The molecule has 0 amide bonds. The minimum Gasteiger partial charge on any atom is -0.408 e. The smallest absolute Gasteiger partial charge is 0.408 e. The average molecular weight is 301 g/mol. The molecular weight excluding hydrogens is 285 g/mol. The Morgan fingerprint density at radius 3 is 3.09 bits per heavy atom. The molecule has 5 nitrogen and oxygen atoms in total. The summed E-state index contributed by atoms with van der Waals surface area (Å²) in [7, 11) is 0. The fraction of sp³-hybridized carbons (Fsp3) is 0.250. The van der Waals surface area contributed by atoms with Crippen LogP contribution in [0, 0.1) is 12.7 Å². The summed E-state index contributed by atoms with van der Waals surface area (Å²) in [4.78, 5) is 17.6. The molecule has 0 fully saturated rings. The number of rotatable bonds is 5. The molecule has 3 aromatic rings. The molecule has 0 radical (unpaired) electrons. The predicted molar refractivity (Wildman–Crippen MR) is 82.6 cm³/mol. The third-order valence-corrected chi connectivity index (χ3v) is 3.58. The maximum Gasteiger partial charge on any atom is 0.417 e. The Morgan fingerprint density at radius 2 is 2.32 bits per heavy atom. The average Bonchev–Trinajstić information content (AvgIpc) is 2.90. The van der Waals surface area contributed by atoms with Gasteiger partial charge in [-0.05, 0) is 31.4 Å². The van der Waals surface area contributed by atoms with Crippen molar-refractivity contribution in [3.8, 4) is 0 Å². The number of fused-ring (bicyclic) bond motifs is 1. The summed E-state index contributed by atoms with van der Waals surface area (Å²) < 4.78 is 19.1. The fourth-order valence-corrected chi connectivity index (χ4v) is 2.40. The molecular formula is C16H16FN3O2. The number of nitrogens with one attached hydrogen (secondary N) is 2. The molecule has 6 heteroatoms. The van der Waals surface area contributed by atoms with Gasteiger partial charge < -0.3 is 9.73 Å². The van der Waals surface area contributed by atoms with E-state index >= 15 is 0 Å². The molecule has 0 bridgehead atoms. The summed E-state index contributed by atoms with van der Waals surface area (Å²) in [6.07, 6.45) is 5.37. The zero-order chi connectivity index (χ0) is 15.5. The maximum atomic E-state index is 14.2. The van der Waals surface area contributed by atoms with Crippen LogP contribution in [-0.4, -0.2) is 16.5 Å². The van der Waals surface area contributed by atoms with Crippen molar-refractivity contribution in [2.24, 2.45) is 0 Å². The molecule has 0 aliphatic carbocycles. The summed E-state index contributed by atoms with van der Waals surface area (Å²) in [6, 6.07) is 5.58. The summed E-state index contributed by atoms with van der Waals surface area (Å²) >= 11 is 0. The zero-order valence-corrected chi connectivity index (χ0v) is 12.1. The molecule has 2 heterocycles. The normalized spacial score (nSPS) is 11.0. The number of pyridine rings is 1. The van der Waals surface area contributed by atoms with Crippen LogP contribution in [-0.2, 0) is 6.42 Å². The number of benzene rings is 1. The molecule has 2 N–H and O–H groups in total. The first-order valence-electron chi connectivity index (χ1n) is 7.10. The zero-order valence-electron chi connectivity index (χ0n) is 12.1. The Morgan fingerprint density at radius 1 is 1.45 bits per heavy atom. The van der Waals surface area contributed by atoms with Gasteiger partial charge in [0.15, 0.2) is 11.4 Å².